The Bertz CT molecular complexity index is 1290. The second-order valence-electron chi connectivity index (χ2n) is 10.6. The number of methoxy groups -OCH3 is 1. The highest BCUT2D eigenvalue weighted by Crippen LogP contribution is 2.60. The van der Waals surface area contributed by atoms with Crippen molar-refractivity contribution in [3.63, 3.8) is 0 Å². The molecular formula is C30H32N2O2. The number of ketones is 1. The fraction of sp³-hybridized carbons (Fsp3) is 0.400. The predicted octanol–water partition coefficient (Wildman–Crippen LogP) is 6.21. The Balaban J connectivity index is 1.31. The van der Waals surface area contributed by atoms with Gasteiger partial charge in [0, 0.05) is 12.5 Å². The molecule has 0 N–H and O–H groups in total. The largest absolute Gasteiger partial charge is 0.497 e. The van der Waals surface area contributed by atoms with Crippen LogP contribution in [0.15, 0.2) is 60.2 Å². The van der Waals surface area contributed by atoms with Gasteiger partial charge in [0.05, 0.1) is 18.5 Å². The Kier molecular flexibility index (Phi) is 5.02. The molecule has 0 amide bonds. The third-order valence-electron chi connectivity index (χ3n) is 8.86. The molecule has 4 nitrogen and oxygen atoms in total. The van der Waals surface area contributed by atoms with Gasteiger partial charge in [-0.2, -0.15) is 5.10 Å². The van der Waals surface area contributed by atoms with E-state index in [9.17, 15) is 4.79 Å². The van der Waals surface area contributed by atoms with E-state index in [1.54, 1.807) is 7.11 Å². The zero-order valence-corrected chi connectivity index (χ0v) is 20.3. The van der Waals surface area contributed by atoms with Gasteiger partial charge in [-0.25, -0.2) is 0 Å². The maximum Gasteiger partial charge on any atom is 0.165 e. The lowest BCUT2D eigenvalue weighted by Gasteiger charge is -2.48. The number of carbonyl (C=O) groups excluding carboxylic acids is 1. The van der Waals surface area contributed by atoms with Crippen LogP contribution in [0.5, 0.6) is 5.75 Å². The van der Waals surface area contributed by atoms with Crippen molar-refractivity contribution >= 4 is 11.9 Å². The van der Waals surface area contributed by atoms with Crippen LogP contribution in [0, 0.1) is 17.3 Å². The van der Waals surface area contributed by atoms with E-state index in [0.29, 0.717) is 23.5 Å². The van der Waals surface area contributed by atoms with Gasteiger partial charge in [-0.15, -0.1) is 0 Å². The van der Waals surface area contributed by atoms with E-state index >= 15 is 0 Å². The van der Waals surface area contributed by atoms with E-state index in [1.165, 1.54) is 11.1 Å². The Labute approximate surface area is 201 Å². The first-order valence-corrected chi connectivity index (χ1v) is 12.5. The first-order chi connectivity index (χ1) is 16.5. The molecule has 0 aliphatic heterocycles. The molecule has 1 heterocycles. The monoisotopic (exact) mass is 452 g/mol. The molecule has 4 heteroatoms. The molecule has 1 aromatic heterocycles. The number of aromatic nitrogens is 2. The SMILES string of the molecule is COc1ccc2c(c1)CC[C@H]1[C@@H]2CC[C@]2(C)C(=O)/C(=C/c3cc(-c4ccccc4)n(C)n3)C[C@@H]12. The van der Waals surface area contributed by atoms with Crippen LogP contribution in [0.25, 0.3) is 17.3 Å². The normalized spacial score (nSPS) is 29.0. The van der Waals surface area contributed by atoms with Crippen LogP contribution in [0.3, 0.4) is 0 Å². The van der Waals surface area contributed by atoms with Crippen LogP contribution in [-0.2, 0) is 18.3 Å². The highest BCUT2D eigenvalue weighted by atomic mass is 16.5. The number of aryl methyl sites for hydroxylation is 2. The summed E-state index contributed by atoms with van der Waals surface area (Å²) in [6, 6.07) is 19.0. The van der Waals surface area contributed by atoms with Gasteiger partial charge in [0.25, 0.3) is 0 Å². The van der Waals surface area contributed by atoms with Crippen molar-refractivity contribution in [2.45, 2.75) is 44.9 Å². The number of benzene rings is 2. The maximum atomic E-state index is 13.7. The van der Waals surface area contributed by atoms with E-state index in [1.807, 2.05) is 29.9 Å². The van der Waals surface area contributed by atoms with Crippen molar-refractivity contribution in [2.24, 2.45) is 24.3 Å². The van der Waals surface area contributed by atoms with E-state index < -0.39 is 0 Å². The third-order valence-corrected chi connectivity index (χ3v) is 8.86. The third kappa shape index (κ3) is 3.26. The van der Waals surface area contributed by atoms with Crippen LogP contribution in [0.4, 0.5) is 0 Å². The van der Waals surface area contributed by atoms with Gasteiger partial charge >= 0.3 is 0 Å². The smallest absolute Gasteiger partial charge is 0.165 e. The van der Waals surface area contributed by atoms with Crippen molar-refractivity contribution in [1.82, 2.24) is 9.78 Å². The maximum absolute atomic E-state index is 13.7. The number of hydrogen-bond donors (Lipinski definition) is 0. The molecule has 0 bridgehead atoms. The van der Waals surface area contributed by atoms with E-state index in [2.05, 4.69) is 49.4 Å². The molecule has 174 valence electrons. The van der Waals surface area contributed by atoms with Crippen LogP contribution in [-0.4, -0.2) is 22.7 Å². The second-order valence-corrected chi connectivity index (χ2v) is 10.6. The van der Waals surface area contributed by atoms with Gasteiger partial charge in [0.2, 0.25) is 0 Å². The van der Waals surface area contributed by atoms with Crippen molar-refractivity contribution in [3.05, 3.63) is 77.0 Å². The molecule has 34 heavy (non-hydrogen) atoms. The van der Waals surface area contributed by atoms with Crippen LogP contribution in [0.1, 0.15) is 55.3 Å². The number of carbonyl (C=O) groups is 1. The number of hydrogen-bond acceptors (Lipinski definition) is 3. The average molecular weight is 453 g/mol. The Hall–Kier alpha value is -3.14. The molecule has 2 saturated carbocycles. The topological polar surface area (TPSA) is 44.1 Å². The molecular weight excluding hydrogens is 420 g/mol. The quantitative estimate of drug-likeness (QED) is 0.444. The highest BCUT2D eigenvalue weighted by Gasteiger charge is 2.56. The fourth-order valence-electron chi connectivity index (χ4n) is 7.10. The molecule has 0 radical (unpaired) electrons. The first kappa shape index (κ1) is 21.4. The van der Waals surface area contributed by atoms with Crippen molar-refractivity contribution in [3.8, 4) is 17.0 Å². The lowest BCUT2D eigenvalue weighted by atomic mass is 9.55. The Morgan fingerprint density at radius 2 is 1.94 bits per heavy atom. The number of Topliss-reactive ketones (excluding diaryl/α,β-unsaturated/α-hetero) is 1. The van der Waals surface area contributed by atoms with Gasteiger partial charge in [-0.05, 0) is 96.4 Å². The van der Waals surface area contributed by atoms with Gasteiger partial charge in [-0.3, -0.25) is 9.48 Å². The Morgan fingerprint density at radius 1 is 1.12 bits per heavy atom. The van der Waals surface area contributed by atoms with Crippen LogP contribution < -0.4 is 4.74 Å². The molecule has 4 atom stereocenters. The number of rotatable bonds is 3. The van der Waals surface area contributed by atoms with Gasteiger partial charge in [0.1, 0.15) is 5.75 Å². The van der Waals surface area contributed by atoms with E-state index in [-0.39, 0.29) is 5.41 Å². The summed E-state index contributed by atoms with van der Waals surface area (Å²) in [6.45, 7) is 2.23. The second kappa shape index (κ2) is 7.97. The summed E-state index contributed by atoms with van der Waals surface area (Å²) in [6.07, 6.45) is 7.24. The molecule has 3 aliphatic rings. The summed E-state index contributed by atoms with van der Waals surface area (Å²) in [7, 11) is 3.71. The van der Waals surface area contributed by atoms with Gasteiger partial charge in [-0.1, -0.05) is 43.3 Å². The van der Waals surface area contributed by atoms with Crippen molar-refractivity contribution < 1.29 is 9.53 Å². The van der Waals surface area contributed by atoms with Crippen LogP contribution in [0.2, 0.25) is 0 Å². The number of nitrogens with zero attached hydrogens (tertiary/aromatic N) is 2. The number of allylic oxidation sites excluding steroid dienone is 1. The summed E-state index contributed by atoms with van der Waals surface area (Å²) >= 11 is 0. The molecule has 3 aliphatic carbocycles. The standard InChI is InChI=1S/C30H32N2O2/c1-30-14-13-25-24-12-10-23(34-3)16-20(24)9-11-26(25)27(30)17-21(29(30)33)15-22-18-28(32(2)31-22)19-7-5-4-6-8-19/h4-8,10,12,15-16,18,25-27H,9,11,13-14,17H2,1-3H3/b21-15+/t25-,26+,27+,30+/m1/s1. The lowest BCUT2D eigenvalue weighted by Crippen LogP contribution is -2.42. The first-order valence-electron chi connectivity index (χ1n) is 12.5. The van der Waals surface area contributed by atoms with Gasteiger partial charge in [0.15, 0.2) is 5.78 Å². The number of ether oxygens (including phenoxy) is 1. The molecule has 2 aromatic carbocycles. The van der Waals surface area contributed by atoms with Gasteiger partial charge < -0.3 is 4.74 Å². The minimum atomic E-state index is -0.242. The summed E-state index contributed by atoms with van der Waals surface area (Å²) in [4.78, 5) is 13.7. The van der Waals surface area contributed by atoms with Crippen molar-refractivity contribution in [2.75, 3.05) is 7.11 Å². The average Bonchev–Trinajstić information content (AvgIpc) is 3.35. The molecule has 6 rings (SSSR count). The van der Waals surface area contributed by atoms with E-state index in [4.69, 9.17) is 9.84 Å². The van der Waals surface area contributed by atoms with E-state index in [0.717, 1.165) is 60.4 Å². The fourth-order valence-corrected chi connectivity index (χ4v) is 7.10. The summed E-state index contributed by atoms with van der Waals surface area (Å²) in [5, 5.41) is 4.73. The van der Waals surface area contributed by atoms with Crippen molar-refractivity contribution in [1.29, 1.82) is 0 Å². The highest BCUT2D eigenvalue weighted by molar-refractivity contribution is 6.05. The van der Waals surface area contributed by atoms with Crippen LogP contribution >= 0.6 is 0 Å². The predicted molar refractivity (Wildman–Crippen MR) is 135 cm³/mol. The summed E-state index contributed by atoms with van der Waals surface area (Å²) in [5.41, 5.74) is 6.73. The number of fused-ring (bicyclic) bond motifs is 5. The lowest BCUT2D eigenvalue weighted by molar-refractivity contribution is -0.127. The molecule has 0 unspecified atom stereocenters. The Morgan fingerprint density at radius 3 is 2.74 bits per heavy atom. The summed E-state index contributed by atoms with van der Waals surface area (Å²) in [5.74, 6) is 2.84. The molecule has 2 fully saturated rings. The molecule has 0 saturated heterocycles. The zero-order valence-electron chi connectivity index (χ0n) is 20.3. The molecule has 0 spiro atoms. The molecule has 3 aromatic rings. The minimum Gasteiger partial charge on any atom is -0.497 e. The minimum absolute atomic E-state index is 0.242. The summed E-state index contributed by atoms with van der Waals surface area (Å²) < 4.78 is 7.38. The zero-order chi connectivity index (χ0) is 23.4.